The fourth-order valence-corrected chi connectivity index (χ4v) is 1.61. The second kappa shape index (κ2) is 4.80. The van der Waals surface area contributed by atoms with Crippen molar-refractivity contribution in [2.45, 2.75) is 12.8 Å². The third kappa shape index (κ3) is 3.09. The van der Waals surface area contributed by atoms with Crippen LogP contribution in [0.4, 0.5) is 0 Å². The van der Waals surface area contributed by atoms with Crippen LogP contribution in [-0.4, -0.2) is 56.1 Å². The summed E-state index contributed by atoms with van der Waals surface area (Å²) >= 11 is 0. The van der Waals surface area contributed by atoms with E-state index in [9.17, 15) is 0 Å². The van der Waals surface area contributed by atoms with E-state index in [1.807, 2.05) is 0 Å². The van der Waals surface area contributed by atoms with Gasteiger partial charge in [0.25, 0.3) is 0 Å². The minimum absolute atomic E-state index is 0.330. The van der Waals surface area contributed by atoms with E-state index in [-0.39, 0.29) is 0 Å². The Morgan fingerprint density at radius 2 is 1.92 bits per heavy atom. The van der Waals surface area contributed by atoms with Crippen LogP contribution in [0.1, 0.15) is 12.8 Å². The summed E-state index contributed by atoms with van der Waals surface area (Å²) in [6.07, 6.45) is 2.07. The number of aliphatic hydroxyl groups excluding tert-OH is 1. The fourth-order valence-electron chi connectivity index (χ4n) is 1.61. The summed E-state index contributed by atoms with van der Waals surface area (Å²) in [6.45, 7) is 5.57. The van der Waals surface area contributed by atoms with Crippen molar-refractivity contribution in [2.75, 3.05) is 46.5 Å². The molecule has 0 amide bonds. The molecule has 0 aromatic rings. The van der Waals surface area contributed by atoms with E-state index in [1.54, 1.807) is 0 Å². The quantitative estimate of drug-likeness (QED) is 0.488. The lowest BCUT2D eigenvalue weighted by atomic mass is 10.2. The van der Waals surface area contributed by atoms with Crippen LogP contribution in [0, 0.1) is 0 Å². The van der Waals surface area contributed by atoms with Crippen molar-refractivity contribution < 1.29 is 14.3 Å². The van der Waals surface area contributed by atoms with Crippen molar-refractivity contribution in [2.24, 2.45) is 0 Å². The lowest BCUT2D eigenvalue weighted by Gasteiger charge is -2.37. The van der Waals surface area contributed by atoms with E-state index in [0.29, 0.717) is 6.61 Å². The highest BCUT2D eigenvalue weighted by atomic mass is 16.5. The molecule has 1 rings (SSSR count). The highest BCUT2D eigenvalue weighted by Gasteiger charge is 2.23. The number of nitrogens with zero attached hydrogens (tertiary/aromatic N) is 1. The van der Waals surface area contributed by atoms with Crippen LogP contribution in [-0.2, 0) is 4.74 Å². The standard InChI is InChI=1S/C9H20NO2/c1-10(4-2-3-7-11)5-8-12-9-6-10/h11H,2-9H2,1H3/q+1. The minimum Gasteiger partial charge on any atom is -0.396 e. The highest BCUT2D eigenvalue weighted by Crippen LogP contribution is 2.09. The molecule has 0 spiro atoms. The van der Waals surface area contributed by atoms with Gasteiger partial charge >= 0.3 is 0 Å². The molecule has 12 heavy (non-hydrogen) atoms. The Morgan fingerprint density at radius 3 is 2.50 bits per heavy atom. The first-order chi connectivity index (χ1) is 5.77. The van der Waals surface area contributed by atoms with Crippen LogP contribution in [0.15, 0.2) is 0 Å². The smallest absolute Gasteiger partial charge is 0.102 e. The molecule has 0 atom stereocenters. The van der Waals surface area contributed by atoms with Crippen LogP contribution < -0.4 is 0 Å². The minimum atomic E-state index is 0.330. The molecule has 0 unspecified atom stereocenters. The zero-order valence-electron chi connectivity index (χ0n) is 7.96. The molecule has 72 valence electrons. The van der Waals surface area contributed by atoms with Gasteiger partial charge in [-0.2, -0.15) is 0 Å². The molecule has 0 bridgehead atoms. The van der Waals surface area contributed by atoms with Crippen molar-refractivity contribution in [1.82, 2.24) is 0 Å². The van der Waals surface area contributed by atoms with Crippen LogP contribution in [0.2, 0.25) is 0 Å². The zero-order valence-corrected chi connectivity index (χ0v) is 7.96. The molecular formula is C9H20NO2+. The second-order valence-electron chi connectivity index (χ2n) is 3.83. The van der Waals surface area contributed by atoms with Gasteiger partial charge < -0.3 is 14.3 Å². The van der Waals surface area contributed by atoms with Gasteiger partial charge in [0, 0.05) is 6.61 Å². The molecule has 3 heteroatoms. The topological polar surface area (TPSA) is 29.5 Å². The SMILES string of the molecule is C[N+]1(CCCCO)CCOCC1. The molecule has 1 heterocycles. The maximum atomic E-state index is 8.65. The summed E-state index contributed by atoms with van der Waals surface area (Å²) in [4.78, 5) is 0. The molecule has 1 fully saturated rings. The van der Waals surface area contributed by atoms with Gasteiger partial charge in [0.05, 0.1) is 26.8 Å². The van der Waals surface area contributed by atoms with E-state index in [0.717, 1.165) is 43.6 Å². The van der Waals surface area contributed by atoms with Crippen molar-refractivity contribution in [3.05, 3.63) is 0 Å². The monoisotopic (exact) mass is 174 g/mol. The van der Waals surface area contributed by atoms with Crippen molar-refractivity contribution in [1.29, 1.82) is 0 Å². The van der Waals surface area contributed by atoms with Gasteiger partial charge in [-0.3, -0.25) is 0 Å². The Bertz CT molecular complexity index is 122. The van der Waals surface area contributed by atoms with E-state index >= 15 is 0 Å². The van der Waals surface area contributed by atoms with Gasteiger partial charge in [-0.15, -0.1) is 0 Å². The molecule has 0 aromatic heterocycles. The Morgan fingerprint density at radius 1 is 1.25 bits per heavy atom. The summed E-state index contributed by atoms with van der Waals surface area (Å²) in [5.41, 5.74) is 0. The molecular weight excluding hydrogens is 154 g/mol. The van der Waals surface area contributed by atoms with Crippen LogP contribution in [0.3, 0.4) is 0 Å². The van der Waals surface area contributed by atoms with Gasteiger partial charge in [-0.25, -0.2) is 0 Å². The molecule has 0 radical (unpaired) electrons. The third-order valence-electron chi connectivity index (χ3n) is 2.66. The zero-order chi connectivity index (χ0) is 8.86. The first kappa shape index (κ1) is 9.96. The number of unbranched alkanes of at least 4 members (excludes halogenated alkanes) is 1. The number of rotatable bonds is 4. The largest absolute Gasteiger partial charge is 0.396 e. The number of quaternary nitrogens is 1. The van der Waals surface area contributed by atoms with Crippen molar-refractivity contribution >= 4 is 0 Å². The van der Waals surface area contributed by atoms with E-state index in [2.05, 4.69) is 7.05 Å². The van der Waals surface area contributed by atoms with Gasteiger partial charge in [0.15, 0.2) is 0 Å². The van der Waals surface area contributed by atoms with Crippen molar-refractivity contribution in [3.8, 4) is 0 Å². The van der Waals surface area contributed by atoms with E-state index < -0.39 is 0 Å². The van der Waals surface area contributed by atoms with E-state index in [1.165, 1.54) is 6.54 Å². The number of aliphatic hydroxyl groups is 1. The molecule has 0 aromatic carbocycles. The molecule has 0 aliphatic carbocycles. The number of hydrogen-bond acceptors (Lipinski definition) is 2. The number of likely N-dealkylation sites (N-methyl/N-ethyl adjacent to an activating group) is 1. The second-order valence-corrected chi connectivity index (χ2v) is 3.83. The molecule has 0 saturated carbocycles. The molecule has 1 aliphatic rings. The lowest BCUT2D eigenvalue weighted by molar-refractivity contribution is -0.917. The predicted octanol–water partition coefficient (Wildman–Crippen LogP) is 0.236. The molecule has 1 N–H and O–H groups in total. The lowest BCUT2D eigenvalue weighted by Crippen LogP contribution is -2.52. The van der Waals surface area contributed by atoms with E-state index in [4.69, 9.17) is 9.84 Å². The normalized spacial score (nSPS) is 22.5. The summed E-state index contributed by atoms with van der Waals surface area (Å²) in [5.74, 6) is 0. The summed E-state index contributed by atoms with van der Waals surface area (Å²) < 4.78 is 6.43. The highest BCUT2D eigenvalue weighted by molar-refractivity contribution is 4.47. The number of morpholine rings is 1. The Kier molecular flexibility index (Phi) is 3.98. The Balaban J connectivity index is 2.17. The van der Waals surface area contributed by atoms with Gasteiger partial charge in [0.1, 0.15) is 13.1 Å². The predicted molar refractivity (Wildman–Crippen MR) is 47.9 cm³/mol. The van der Waals surface area contributed by atoms with Crippen LogP contribution in [0.25, 0.3) is 0 Å². The average molecular weight is 174 g/mol. The van der Waals surface area contributed by atoms with Crippen molar-refractivity contribution in [3.63, 3.8) is 0 Å². The molecule has 1 saturated heterocycles. The number of ether oxygens (including phenoxy) is 1. The number of hydrogen-bond donors (Lipinski definition) is 1. The van der Waals surface area contributed by atoms with Gasteiger partial charge in [-0.1, -0.05) is 0 Å². The third-order valence-corrected chi connectivity index (χ3v) is 2.66. The Labute approximate surface area is 74.5 Å². The molecule has 3 nitrogen and oxygen atoms in total. The summed E-state index contributed by atoms with van der Waals surface area (Å²) in [5, 5.41) is 8.65. The Hall–Kier alpha value is -0.120. The maximum Gasteiger partial charge on any atom is 0.102 e. The molecule has 1 aliphatic heterocycles. The summed E-state index contributed by atoms with van der Waals surface area (Å²) in [6, 6.07) is 0. The summed E-state index contributed by atoms with van der Waals surface area (Å²) in [7, 11) is 2.28. The average Bonchev–Trinajstić information content (AvgIpc) is 2.06. The first-order valence-electron chi connectivity index (χ1n) is 4.79. The van der Waals surface area contributed by atoms with Crippen LogP contribution in [0.5, 0.6) is 0 Å². The first-order valence-corrected chi connectivity index (χ1v) is 4.79. The van der Waals surface area contributed by atoms with Gasteiger partial charge in [0.2, 0.25) is 0 Å². The van der Waals surface area contributed by atoms with Crippen LogP contribution >= 0.6 is 0 Å². The fraction of sp³-hybridized carbons (Fsp3) is 1.00. The maximum absolute atomic E-state index is 8.65. The van der Waals surface area contributed by atoms with Gasteiger partial charge in [-0.05, 0) is 12.8 Å².